The SMILES string of the molecule is CCCNc1cccc(N(C)C2CCCC2)n1. The molecular formula is C14H23N3. The van der Waals surface area contributed by atoms with Crippen LogP contribution in [0.5, 0.6) is 0 Å². The van der Waals surface area contributed by atoms with E-state index in [0.29, 0.717) is 6.04 Å². The third kappa shape index (κ3) is 3.11. The van der Waals surface area contributed by atoms with E-state index in [4.69, 9.17) is 0 Å². The number of nitrogens with one attached hydrogen (secondary N) is 1. The summed E-state index contributed by atoms with van der Waals surface area (Å²) in [5, 5.41) is 3.34. The predicted molar refractivity (Wildman–Crippen MR) is 73.7 cm³/mol. The molecule has 3 nitrogen and oxygen atoms in total. The lowest BCUT2D eigenvalue weighted by Crippen LogP contribution is -2.29. The molecule has 0 bridgehead atoms. The second-order valence-corrected chi connectivity index (χ2v) is 4.86. The molecule has 1 aromatic rings. The molecule has 3 heteroatoms. The predicted octanol–water partition coefficient (Wildman–Crippen LogP) is 3.28. The first kappa shape index (κ1) is 12.2. The van der Waals surface area contributed by atoms with Crippen molar-refractivity contribution in [2.75, 3.05) is 23.8 Å². The van der Waals surface area contributed by atoms with Gasteiger partial charge in [0.25, 0.3) is 0 Å². The monoisotopic (exact) mass is 233 g/mol. The molecule has 0 saturated heterocycles. The van der Waals surface area contributed by atoms with E-state index in [9.17, 15) is 0 Å². The Bertz CT molecular complexity index is 345. The summed E-state index contributed by atoms with van der Waals surface area (Å²) in [6.07, 6.45) is 6.48. The molecule has 94 valence electrons. The van der Waals surface area contributed by atoms with Crippen LogP contribution in [0.4, 0.5) is 11.6 Å². The van der Waals surface area contributed by atoms with Crippen LogP contribution in [0.3, 0.4) is 0 Å². The van der Waals surface area contributed by atoms with E-state index in [1.807, 2.05) is 6.07 Å². The van der Waals surface area contributed by atoms with E-state index in [1.54, 1.807) is 0 Å². The van der Waals surface area contributed by atoms with Crippen molar-refractivity contribution < 1.29 is 0 Å². The molecule has 0 aromatic carbocycles. The lowest BCUT2D eigenvalue weighted by Gasteiger charge is -2.25. The van der Waals surface area contributed by atoms with Gasteiger partial charge in [-0.2, -0.15) is 0 Å². The first-order chi connectivity index (χ1) is 8.31. The molecule has 1 N–H and O–H groups in total. The van der Waals surface area contributed by atoms with Crippen LogP contribution < -0.4 is 10.2 Å². The van der Waals surface area contributed by atoms with Crippen LogP contribution in [0.1, 0.15) is 39.0 Å². The standard InChI is InChI=1S/C14H23N3/c1-3-11-15-13-9-6-10-14(16-13)17(2)12-7-4-5-8-12/h6,9-10,12H,3-5,7-8,11H2,1-2H3,(H,15,16). The lowest BCUT2D eigenvalue weighted by atomic mass is 10.2. The van der Waals surface area contributed by atoms with Crippen LogP contribution in [0.2, 0.25) is 0 Å². The van der Waals surface area contributed by atoms with E-state index < -0.39 is 0 Å². The van der Waals surface area contributed by atoms with E-state index in [0.717, 1.165) is 24.6 Å². The molecule has 0 aliphatic heterocycles. The highest BCUT2D eigenvalue weighted by molar-refractivity contribution is 5.47. The van der Waals surface area contributed by atoms with Crippen molar-refractivity contribution in [3.8, 4) is 0 Å². The van der Waals surface area contributed by atoms with Crippen LogP contribution in [0.15, 0.2) is 18.2 Å². The third-order valence-electron chi connectivity index (χ3n) is 3.52. The van der Waals surface area contributed by atoms with Crippen LogP contribution in [-0.2, 0) is 0 Å². The van der Waals surface area contributed by atoms with Gasteiger partial charge >= 0.3 is 0 Å². The number of hydrogen-bond acceptors (Lipinski definition) is 3. The number of nitrogens with zero attached hydrogens (tertiary/aromatic N) is 2. The quantitative estimate of drug-likeness (QED) is 0.846. The lowest BCUT2D eigenvalue weighted by molar-refractivity contribution is 0.647. The van der Waals surface area contributed by atoms with Gasteiger partial charge in [-0.05, 0) is 31.4 Å². The minimum Gasteiger partial charge on any atom is -0.370 e. The molecule has 0 unspecified atom stereocenters. The zero-order valence-electron chi connectivity index (χ0n) is 10.9. The highest BCUT2D eigenvalue weighted by Gasteiger charge is 2.20. The molecule has 1 aromatic heterocycles. The average molecular weight is 233 g/mol. The Morgan fingerprint density at radius 2 is 2.12 bits per heavy atom. The van der Waals surface area contributed by atoms with E-state index in [2.05, 4.69) is 41.3 Å². The Kier molecular flexibility index (Phi) is 4.24. The van der Waals surface area contributed by atoms with Gasteiger partial charge in [-0.25, -0.2) is 4.98 Å². The van der Waals surface area contributed by atoms with Gasteiger partial charge < -0.3 is 10.2 Å². The smallest absolute Gasteiger partial charge is 0.130 e. The fourth-order valence-electron chi connectivity index (χ4n) is 2.45. The molecule has 0 spiro atoms. The molecule has 1 aliphatic carbocycles. The summed E-state index contributed by atoms with van der Waals surface area (Å²) >= 11 is 0. The minimum absolute atomic E-state index is 0.684. The van der Waals surface area contributed by atoms with Crippen molar-refractivity contribution in [2.24, 2.45) is 0 Å². The zero-order valence-corrected chi connectivity index (χ0v) is 10.9. The molecule has 2 rings (SSSR count). The number of hydrogen-bond donors (Lipinski definition) is 1. The van der Waals surface area contributed by atoms with Gasteiger partial charge in [-0.15, -0.1) is 0 Å². The Balaban J connectivity index is 2.03. The normalized spacial score (nSPS) is 16.1. The van der Waals surface area contributed by atoms with Gasteiger partial charge in [0.05, 0.1) is 0 Å². The molecule has 0 radical (unpaired) electrons. The van der Waals surface area contributed by atoms with Crippen LogP contribution >= 0.6 is 0 Å². The summed E-state index contributed by atoms with van der Waals surface area (Å²) in [5.41, 5.74) is 0. The molecule has 1 fully saturated rings. The largest absolute Gasteiger partial charge is 0.370 e. The zero-order chi connectivity index (χ0) is 12.1. The van der Waals surface area contributed by atoms with Gasteiger partial charge in [0.15, 0.2) is 0 Å². The van der Waals surface area contributed by atoms with E-state index in [1.165, 1.54) is 25.7 Å². The first-order valence-corrected chi connectivity index (χ1v) is 6.75. The fourth-order valence-corrected chi connectivity index (χ4v) is 2.45. The Morgan fingerprint density at radius 3 is 2.82 bits per heavy atom. The molecule has 1 heterocycles. The first-order valence-electron chi connectivity index (χ1n) is 6.75. The van der Waals surface area contributed by atoms with Gasteiger partial charge in [0.2, 0.25) is 0 Å². The van der Waals surface area contributed by atoms with Gasteiger partial charge in [0.1, 0.15) is 11.6 Å². The summed E-state index contributed by atoms with van der Waals surface area (Å²) in [6.45, 7) is 3.16. The van der Waals surface area contributed by atoms with E-state index in [-0.39, 0.29) is 0 Å². The Hall–Kier alpha value is -1.25. The second-order valence-electron chi connectivity index (χ2n) is 4.86. The number of anilines is 2. The summed E-state index contributed by atoms with van der Waals surface area (Å²) in [5.74, 6) is 2.09. The van der Waals surface area contributed by atoms with Gasteiger partial charge in [0, 0.05) is 19.6 Å². The van der Waals surface area contributed by atoms with Crippen LogP contribution in [0, 0.1) is 0 Å². The number of aromatic nitrogens is 1. The van der Waals surface area contributed by atoms with Crippen molar-refractivity contribution in [1.82, 2.24) is 4.98 Å². The maximum atomic E-state index is 4.67. The Labute approximate surface area is 104 Å². The highest BCUT2D eigenvalue weighted by Crippen LogP contribution is 2.26. The summed E-state index contributed by atoms with van der Waals surface area (Å²) in [6, 6.07) is 6.92. The van der Waals surface area contributed by atoms with E-state index >= 15 is 0 Å². The van der Waals surface area contributed by atoms with Crippen molar-refractivity contribution in [1.29, 1.82) is 0 Å². The van der Waals surface area contributed by atoms with Gasteiger partial charge in [-0.1, -0.05) is 25.8 Å². The number of pyridine rings is 1. The van der Waals surface area contributed by atoms with Crippen LogP contribution in [-0.4, -0.2) is 24.6 Å². The van der Waals surface area contributed by atoms with Crippen molar-refractivity contribution >= 4 is 11.6 Å². The van der Waals surface area contributed by atoms with Crippen molar-refractivity contribution in [2.45, 2.75) is 45.1 Å². The van der Waals surface area contributed by atoms with Crippen molar-refractivity contribution in [3.05, 3.63) is 18.2 Å². The maximum absolute atomic E-state index is 4.67. The van der Waals surface area contributed by atoms with Crippen molar-refractivity contribution in [3.63, 3.8) is 0 Å². The summed E-state index contributed by atoms with van der Waals surface area (Å²) in [7, 11) is 2.17. The number of rotatable bonds is 5. The molecule has 0 amide bonds. The maximum Gasteiger partial charge on any atom is 0.130 e. The highest BCUT2D eigenvalue weighted by atomic mass is 15.2. The summed E-state index contributed by atoms with van der Waals surface area (Å²) in [4.78, 5) is 7.01. The molecule has 1 aliphatic rings. The molecular weight excluding hydrogens is 210 g/mol. The fraction of sp³-hybridized carbons (Fsp3) is 0.643. The minimum atomic E-state index is 0.684. The third-order valence-corrected chi connectivity index (χ3v) is 3.52. The topological polar surface area (TPSA) is 28.2 Å². The molecule has 17 heavy (non-hydrogen) atoms. The Morgan fingerprint density at radius 1 is 1.35 bits per heavy atom. The van der Waals surface area contributed by atoms with Gasteiger partial charge in [-0.3, -0.25) is 0 Å². The average Bonchev–Trinajstić information content (AvgIpc) is 2.89. The second kappa shape index (κ2) is 5.89. The molecule has 1 saturated carbocycles. The molecule has 0 atom stereocenters. The summed E-state index contributed by atoms with van der Waals surface area (Å²) < 4.78 is 0. The van der Waals surface area contributed by atoms with Crippen LogP contribution in [0.25, 0.3) is 0 Å².